The van der Waals surface area contributed by atoms with Gasteiger partial charge in [0.15, 0.2) is 5.56 Å². The van der Waals surface area contributed by atoms with Crippen molar-refractivity contribution < 1.29 is 9.90 Å². The minimum atomic E-state index is -0.966. The second-order valence-electron chi connectivity index (χ2n) is 4.31. The van der Waals surface area contributed by atoms with Crippen molar-refractivity contribution in [3.05, 3.63) is 55.2 Å². The molecule has 0 spiro atoms. The first-order valence-electron chi connectivity index (χ1n) is 5.93. The van der Waals surface area contributed by atoms with Crippen molar-refractivity contribution in [2.75, 3.05) is 7.05 Å². The van der Waals surface area contributed by atoms with Crippen LogP contribution in [0.1, 0.15) is 15.9 Å². The molecule has 0 radical (unpaired) electrons. The number of nitrogens with one attached hydrogen (secondary N) is 2. The lowest BCUT2D eigenvalue weighted by atomic mass is 10.2. The highest BCUT2D eigenvalue weighted by atomic mass is 35.5. The summed E-state index contributed by atoms with van der Waals surface area (Å²) >= 11 is 5.98. The summed E-state index contributed by atoms with van der Waals surface area (Å²) in [6.45, 7) is 1.78. The molecule has 0 bridgehead atoms. The zero-order valence-corrected chi connectivity index (χ0v) is 12.0. The van der Waals surface area contributed by atoms with E-state index < -0.39 is 28.6 Å². The molecule has 2 aromatic rings. The van der Waals surface area contributed by atoms with Crippen molar-refractivity contribution in [3.63, 3.8) is 0 Å². The molecule has 0 atom stereocenters. The third-order valence-electron chi connectivity index (χ3n) is 2.95. The van der Waals surface area contributed by atoms with E-state index in [-0.39, 0.29) is 5.69 Å². The van der Waals surface area contributed by atoms with Crippen LogP contribution >= 0.6 is 11.6 Å². The standard InChI is InChI=1S/C13H12ClN3O4/c1-6-3-4-7(5-8(6)14)17-12(20)9(10(18)15-2)11(19)16-13(17)21/h3-5,20H,1-2H3,(H,15,18)(H,16,19,21). The number of halogens is 1. The molecule has 1 heterocycles. The molecule has 21 heavy (non-hydrogen) atoms. The van der Waals surface area contributed by atoms with Gasteiger partial charge in [-0.05, 0) is 24.6 Å². The second-order valence-corrected chi connectivity index (χ2v) is 4.71. The highest BCUT2D eigenvalue weighted by molar-refractivity contribution is 6.31. The van der Waals surface area contributed by atoms with E-state index in [2.05, 4.69) is 5.32 Å². The SMILES string of the molecule is CNC(=O)c1c(O)n(-c2ccc(C)c(Cl)c2)c(=O)[nH]c1=O. The lowest BCUT2D eigenvalue weighted by Gasteiger charge is -2.11. The number of H-pyrrole nitrogens is 1. The normalized spacial score (nSPS) is 10.4. The van der Waals surface area contributed by atoms with Gasteiger partial charge in [-0.2, -0.15) is 0 Å². The van der Waals surface area contributed by atoms with Gasteiger partial charge in [0.05, 0.1) is 5.69 Å². The predicted molar refractivity (Wildman–Crippen MR) is 77.5 cm³/mol. The van der Waals surface area contributed by atoms with Gasteiger partial charge in [0.2, 0.25) is 5.88 Å². The molecule has 8 heteroatoms. The maximum Gasteiger partial charge on any atom is 0.335 e. The molecule has 0 saturated heterocycles. The molecule has 0 unspecified atom stereocenters. The van der Waals surface area contributed by atoms with E-state index in [0.29, 0.717) is 5.02 Å². The number of aromatic hydroxyl groups is 1. The van der Waals surface area contributed by atoms with E-state index in [0.717, 1.165) is 10.1 Å². The van der Waals surface area contributed by atoms with Crippen LogP contribution in [0.3, 0.4) is 0 Å². The summed E-state index contributed by atoms with van der Waals surface area (Å²) in [5, 5.41) is 12.7. The fourth-order valence-electron chi connectivity index (χ4n) is 1.82. The Morgan fingerprint density at radius 1 is 1.38 bits per heavy atom. The maximum absolute atomic E-state index is 11.9. The molecule has 0 aliphatic carbocycles. The Morgan fingerprint density at radius 3 is 2.62 bits per heavy atom. The molecule has 2 rings (SSSR count). The Morgan fingerprint density at radius 2 is 2.05 bits per heavy atom. The highest BCUT2D eigenvalue weighted by Gasteiger charge is 2.21. The number of benzene rings is 1. The number of amides is 1. The van der Waals surface area contributed by atoms with Crippen molar-refractivity contribution >= 4 is 17.5 Å². The van der Waals surface area contributed by atoms with Crippen LogP contribution in [0.25, 0.3) is 5.69 Å². The Labute approximate surface area is 123 Å². The molecule has 7 nitrogen and oxygen atoms in total. The Bertz CT molecular complexity index is 838. The summed E-state index contributed by atoms with van der Waals surface area (Å²) in [4.78, 5) is 37.2. The first kappa shape index (κ1) is 14.9. The smallest absolute Gasteiger partial charge is 0.335 e. The van der Waals surface area contributed by atoms with Gasteiger partial charge >= 0.3 is 5.69 Å². The molecule has 1 amide bonds. The first-order chi connectivity index (χ1) is 9.86. The van der Waals surface area contributed by atoms with Crippen molar-refractivity contribution in [2.24, 2.45) is 0 Å². The van der Waals surface area contributed by atoms with Crippen LogP contribution in [0.4, 0.5) is 0 Å². The predicted octanol–water partition coefficient (Wildman–Crippen LogP) is 0.553. The number of rotatable bonds is 2. The minimum Gasteiger partial charge on any atom is -0.493 e. The van der Waals surface area contributed by atoms with Gasteiger partial charge in [-0.15, -0.1) is 0 Å². The van der Waals surface area contributed by atoms with Gasteiger partial charge in [0, 0.05) is 12.1 Å². The van der Waals surface area contributed by atoms with Gasteiger partial charge in [0.25, 0.3) is 11.5 Å². The summed E-state index contributed by atoms with van der Waals surface area (Å²) in [6.07, 6.45) is 0. The molecule has 110 valence electrons. The fourth-order valence-corrected chi connectivity index (χ4v) is 1.99. The third-order valence-corrected chi connectivity index (χ3v) is 3.36. The average Bonchev–Trinajstić information content (AvgIpc) is 2.41. The van der Waals surface area contributed by atoms with Crippen LogP contribution in [0.2, 0.25) is 5.02 Å². The largest absolute Gasteiger partial charge is 0.493 e. The van der Waals surface area contributed by atoms with E-state index in [1.807, 2.05) is 4.98 Å². The van der Waals surface area contributed by atoms with Crippen molar-refractivity contribution in [2.45, 2.75) is 6.92 Å². The maximum atomic E-state index is 11.9. The fraction of sp³-hybridized carbons (Fsp3) is 0.154. The quantitative estimate of drug-likeness (QED) is 0.753. The number of aryl methyl sites for hydroxylation is 1. The van der Waals surface area contributed by atoms with Crippen LogP contribution in [-0.4, -0.2) is 27.6 Å². The topological polar surface area (TPSA) is 104 Å². The molecule has 1 aromatic carbocycles. The number of aromatic nitrogens is 2. The van der Waals surface area contributed by atoms with E-state index in [4.69, 9.17) is 11.6 Å². The van der Waals surface area contributed by atoms with Crippen LogP contribution in [0.5, 0.6) is 5.88 Å². The van der Waals surface area contributed by atoms with Gasteiger partial charge in [-0.25, -0.2) is 9.36 Å². The molecular formula is C13H12ClN3O4. The summed E-state index contributed by atoms with van der Waals surface area (Å²) in [6, 6.07) is 4.63. The van der Waals surface area contributed by atoms with E-state index in [1.54, 1.807) is 13.0 Å². The number of nitrogens with zero attached hydrogens (tertiary/aromatic N) is 1. The Kier molecular flexibility index (Phi) is 3.86. The zero-order chi connectivity index (χ0) is 15.7. The molecular weight excluding hydrogens is 298 g/mol. The summed E-state index contributed by atoms with van der Waals surface area (Å²) in [5.41, 5.74) is -1.37. The highest BCUT2D eigenvalue weighted by Crippen LogP contribution is 2.22. The molecule has 1 aromatic heterocycles. The molecule has 0 fully saturated rings. The number of aromatic amines is 1. The molecule has 0 aliphatic rings. The van der Waals surface area contributed by atoms with E-state index in [1.165, 1.54) is 19.2 Å². The van der Waals surface area contributed by atoms with E-state index in [9.17, 15) is 19.5 Å². The second kappa shape index (κ2) is 5.45. The number of carbonyl (C=O) groups is 1. The number of hydrogen-bond donors (Lipinski definition) is 3. The minimum absolute atomic E-state index is 0.231. The molecule has 0 saturated carbocycles. The van der Waals surface area contributed by atoms with Crippen LogP contribution in [0.15, 0.2) is 27.8 Å². The van der Waals surface area contributed by atoms with Gasteiger partial charge in [0.1, 0.15) is 0 Å². The average molecular weight is 310 g/mol. The Balaban J connectivity index is 2.80. The van der Waals surface area contributed by atoms with Gasteiger partial charge in [-0.1, -0.05) is 17.7 Å². The molecule has 3 N–H and O–H groups in total. The lowest BCUT2D eigenvalue weighted by molar-refractivity contribution is 0.0957. The van der Waals surface area contributed by atoms with Crippen LogP contribution < -0.4 is 16.6 Å². The first-order valence-corrected chi connectivity index (χ1v) is 6.31. The van der Waals surface area contributed by atoms with Gasteiger partial charge < -0.3 is 10.4 Å². The van der Waals surface area contributed by atoms with Crippen molar-refractivity contribution in [3.8, 4) is 11.6 Å². The van der Waals surface area contributed by atoms with Crippen molar-refractivity contribution in [1.29, 1.82) is 0 Å². The third kappa shape index (κ3) is 2.55. The monoisotopic (exact) mass is 309 g/mol. The number of carbonyl (C=O) groups excluding carboxylic acids is 1. The van der Waals surface area contributed by atoms with E-state index >= 15 is 0 Å². The van der Waals surface area contributed by atoms with Crippen LogP contribution in [-0.2, 0) is 0 Å². The van der Waals surface area contributed by atoms with Crippen molar-refractivity contribution in [1.82, 2.24) is 14.9 Å². The van der Waals surface area contributed by atoms with Crippen LogP contribution in [0, 0.1) is 6.92 Å². The lowest BCUT2D eigenvalue weighted by Crippen LogP contribution is -2.35. The number of hydrogen-bond acceptors (Lipinski definition) is 4. The summed E-state index contributed by atoms with van der Waals surface area (Å²) in [5.74, 6) is -1.55. The summed E-state index contributed by atoms with van der Waals surface area (Å²) < 4.78 is 0.803. The Hall–Kier alpha value is -2.54. The zero-order valence-electron chi connectivity index (χ0n) is 11.2. The molecule has 0 aliphatic heterocycles. The van der Waals surface area contributed by atoms with Gasteiger partial charge in [-0.3, -0.25) is 14.6 Å². The summed E-state index contributed by atoms with van der Waals surface area (Å²) in [7, 11) is 1.30.